The first-order valence-electron chi connectivity index (χ1n) is 9.11. The fourth-order valence-corrected chi connectivity index (χ4v) is 2.59. The summed E-state index contributed by atoms with van der Waals surface area (Å²) < 4.78 is 5.83. The summed E-state index contributed by atoms with van der Waals surface area (Å²) >= 11 is 0. The Morgan fingerprint density at radius 1 is 1.19 bits per heavy atom. The number of rotatable bonds is 8. The molecule has 0 bridgehead atoms. The second-order valence-electron chi connectivity index (χ2n) is 7.53. The number of nitrogens with zero attached hydrogens (tertiary/aromatic N) is 2. The summed E-state index contributed by atoms with van der Waals surface area (Å²) in [5, 5.41) is 2.92. The van der Waals surface area contributed by atoms with Crippen LogP contribution in [0.15, 0.2) is 36.9 Å². The molecule has 0 aliphatic heterocycles. The molecule has 0 aliphatic rings. The number of aryl methyl sites for hydroxylation is 1. The van der Waals surface area contributed by atoms with E-state index in [2.05, 4.69) is 55.1 Å². The fraction of sp³-hybridized carbons (Fsp3) is 0.476. The Labute approximate surface area is 156 Å². The topological polar surface area (TPSA) is 64.1 Å². The van der Waals surface area contributed by atoms with Crippen LogP contribution < -0.4 is 10.1 Å². The van der Waals surface area contributed by atoms with E-state index in [1.54, 1.807) is 12.4 Å². The van der Waals surface area contributed by atoms with Gasteiger partial charge in [0.1, 0.15) is 12.1 Å². The maximum absolute atomic E-state index is 11.9. The molecule has 5 heteroatoms. The molecule has 0 atom stereocenters. The van der Waals surface area contributed by atoms with Crippen LogP contribution in [0.5, 0.6) is 5.75 Å². The summed E-state index contributed by atoms with van der Waals surface area (Å²) in [6.45, 7) is 9.80. The zero-order valence-electron chi connectivity index (χ0n) is 16.2. The van der Waals surface area contributed by atoms with Crippen molar-refractivity contribution in [1.82, 2.24) is 15.3 Å². The summed E-state index contributed by atoms with van der Waals surface area (Å²) in [6.07, 6.45) is 6.93. The molecule has 0 fully saturated rings. The third-order valence-electron chi connectivity index (χ3n) is 4.20. The van der Waals surface area contributed by atoms with Crippen molar-refractivity contribution >= 4 is 5.91 Å². The van der Waals surface area contributed by atoms with E-state index in [9.17, 15) is 4.79 Å². The normalized spacial score (nSPS) is 11.2. The number of amides is 1. The molecule has 1 aromatic heterocycles. The highest BCUT2D eigenvalue weighted by molar-refractivity contribution is 5.75. The minimum absolute atomic E-state index is 0.0465. The quantitative estimate of drug-likeness (QED) is 0.735. The van der Waals surface area contributed by atoms with Gasteiger partial charge in [0.2, 0.25) is 5.91 Å². The van der Waals surface area contributed by atoms with Crippen molar-refractivity contribution in [2.75, 3.05) is 13.2 Å². The maximum atomic E-state index is 11.9. The van der Waals surface area contributed by atoms with Crippen LogP contribution in [0.3, 0.4) is 0 Å². The molecule has 1 aromatic carbocycles. The average Bonchev–Trinajstić information content (AvgIpc) is 2.60. The molecule has 0 saturated heterocycles. The SMILES string of the molecule is Cc1cc(C(C)(C)C)ccc1OCCCC(=O)NCCc1cncnc1. The lowest BCUT2D eigenvalue weighted by Crippen LogP contribution is -2.25. The molecule has 140 valence electrons. The highest BCUT2D eigenvalue weighted by atomic mass is 16.5. The number of carbonyl (C=O) groups is 1. The third kappa shape index (κ3) is 6.47. The molecule has 0 aliphatic carbocycles. The van der Waals surface area contributed by atoms with Crippen molar-refractivity contribution in [2.45, 2.75) is 52.4 Å². The highest BCUT2D eigenvalue weighted by Gasteiger charge is 2.14. The Kier molecular flexibility index (Phi) is 7.13. The smallest absolute Gasteiger partial charge is 0.220 e. The van der Waals surface area contributed by atoms with Crippen LogP contribution in [0.4, 0.5) is 0 Å². The van der Waals surface area contributed by atoms with Gasteiger partial charge in [-0.25, -0.2) is 9.97 Å². The zero-order chi connectivity index (χ0) is 19.0. The molecule has 0 saturated carbocycles. The maximum Gasteiger partial charge on any atom is 0.220 e. The molecule has 0 radical (unpaired) electrons. The lowest BCUT2D eigenvalue weighted by atomic mass is 9.86. The van der Waals surface area contributed by atoms with Crippen LogP contribution in [0.25, 0.3) is 0 Å². The molecule has 1 amide bonds. The van der Waals surface area contributed by atoms with Gasteiger partial charge >= 0.3 is 0 Å². The Balaban J connectivity index is 1.66. The van der Waals surface area contributed by atoms with Gasteiger partial charge in [0.25, 0.3) is 0 Å². The van der Waals surface area contributed by atoms with Gasteiger partial charge in [0, 0.05) is 25.4 Å². The molecule has 1 heterocycles. The number of benzene rings is 1. The van der Waals surface area contributed by atoms with Crippen molar-refractivity contribution in [3.05, 3.63) is 53.6 Å². The Morgan fingerprint density at radius 3 is 2.58 bits per heavy atom. The van der Waals surface area contributed by atoms with Gasteiger partial charge in [-0.2, -0.15) is 0 Å². The van der Waals surface area contributed by atoms with E-state index in [1.807, 2.05) is 6.07 Å². The molecular formula is C21H29N3O2. The molecule has 0 unspecified atom stereocenters. The van der Waals surface area contributed by atoms with E-state index in [1.165, 1.54) is 11.9 Å². The average molecular weight is 355 g/mol. The third-order valence-corrected chi connectivity index (χ3v) is 4.20. The first-order valence-corrected chi connectivity index (χ1v) is 9.11. The molecule has 2 aromatic rings. The lowest BCUT2D eigenvalue weighted by Gasteiger charge is -2.20. The van der Waals surface area contributed by atoms with Crippen LogP contribution in [-0.4, -0.2) is 29.0 Å². The summed E-state index contributed by atoms with van der Waals surface area (Å²) in [4.78, 5) is 19.8. The molecule has 2 rings (SSSR count). The molecular weight excluding hydrogens is 326 g/mol. The number of ether oxygens (including phenoxy) is 1. The standard InChI is InChI=1S/C21H29N3O2/c1-16-12-18(21(2,3)4)7-8-19(16)26-11-5-6-20(25)24-10-9-17-13-22-15-23-14-17/h7-8,12-15H,5-6,9-11H2,1-4H3,(H,24,25). The lowest BCUT2D eigenvalue weighted by molar-refractivity contribution is -0.121. The zero-order valence-corrected chi connectivity index (χ0v) is 16.2. The Hall–Kier alpha value is -2.43. The van der Waals surface area contributed by atoms with Crippen molar-refractivity contribution in [1.29, 1.82) is 0 Å². The van der Waals surface area contributed by atoms with Crippen molar-refractivity contribution in [2.24, 2.45) is 0 Å². The van der Waals surface area contributed by atoms with Crippen molar-refractivity contribution in [3.8, 4) is 5.75 Å². The predicted octanol–water partition coefficient (Wildman–Crippen LogP) is 3.60. The van der Waals surface area contributed by atoms with E-state index >= 15 is 0 Å². The Bertz CT molecular complexity index is 709. The van der Waals surface area contributed by atoms with E-state index in [0.717, 1.165) is 23.3 Å². The van der Waals surface area contributed by atoms with Crippen LogP contribution in [0.1, 0.15) is 50.3 Å². The van der Waals surface area contributed by atoms with Gasteiger partial charge in [-0.1, -0.05) is 32.9 Å². The van der Waals surface area contributed by atoms with Crippen LogP contribution in [-0.2, 0) is 16.6 Å². The number of nitrogens with one attached hydrogen (secondary N) is 1. The molecule has 1 N–H and O–H groups in total. The van der Waals surface area contributed by atoms with Gasteiger partial charge in [-0.15, -0.1) is 0 Å². The predicted molar refractivity (Wildman–Crippen MR) is 103 cm³/mol. The van der Waals surface area contributed by atoms with E-state index < -0.39 is 0 Å². The van der Waals surface area contributed by atoms with Crippen molar-refractivity contribution < 1.29 is 9.53 Å². The summed E-state index contributed by atoms with van der Waals surface area (Å²) in [7, 11) is 0. The van der Waals surface area contributed by atoms with E-state index in [4.69, 9.17) is 4.74 Å². The van der Waals surface area contributed by atoms with Gasteiger partial charge in [0.05, 0.1) is 6.61 Å². The minimum atomic E-state index is 0.0465. The first kappa shape index (κ1) is 19.9. The fourth-order valence-electron chi connectivity index (χ4n) is 2.59. The van der Waals surface area contributed by atoms with Crippen LogP contribution in [0.2, 0.25) is 0 Å². The van der Waals surface area contributed by atoms with Crippen LogP contribution in [0, 0.1) is 6.92 Å². The van der Waals surface area contributed by atoms with E-state index in [0.29, 0.717) is 26.0 Å². The molecule has 26 heavy (non-hydrogen) atoms. The van der Waals surface area contributed by atoms with Gasteiger partial charge < -0.3 is 10.1 Å². The molecule has 0 spiro atoms. The van der Waals surface area contributed by atoms with Crippen molar-refractivity contribution in [3.63, 3.8) is 0 Å². The summed E-state index contributed by atoms with van der Waals surface area (Å²) in [5.41, 5.74) is 3.58. The monoisotopic (exact) mass is 355 g/mol. The second kappa shape index (κ2) is 9.32. The Morgan fingerprint density at radius 2 is 1.92 bits per heavy atom. The molecule has 5 nitrogen and oxygen atoms in total. The largest absolute Gasteiger partial charge is 0.493 e. The van der Waals surface area contributed by atoms with Gasteiger partial charge in [-0.3, -0.25) is 4.79 Å². The van der Waals surface area contributed by atoms with Gasteiger partial charge in [0.15, 0.2) is 0 Å². The summed E-state index contributed by atoms with van der Waals surface area (Å²) in [5.74, 6) is 0.938. The number of hydrogen-bond acceptors (Lipinski definition) is 4. The summed E-state index contributed by atoms with van der Waals surface area (Å²) in [6, 6.07) is 6.32. The van der Waals surface area contributed by atoms with Crippen LogP contribution >= 0.6 is 0 Å². The number of aromatic nitrogens is 2. The minimum Gasteiger partial charge on any atom is -0.493 e. The van der Waals surface area contributed by atoms with Gasteiger partial charge in [-0.05, 0) is 47.9 Å². The number of hydrogen-bond donors (Lipinski definition) is 1. The number of carbonyl (C=O) groups excluding carboxylic acids is 1. The second-order valence-corrected chi connectivity index (χ2v) is 7.53. The van der Waals surface area contributed by atoms with E-state index in [-0.39, 0.29) is 11.3 Å². The first-order chi connectivity index (χ1) is 12.4. The highest BCUT2D eigenvalue weighted by Crippen LogP contribution is 2.27.